The van der Waals surface area contributed by atoms with Crippen LogP contribution in [0.5, 0.6) is 0 Å². The van der Waals surface area contributed by atoms with Crippen LogP contribution in [-0.2, 0) is 14.8 Å². The lowest BCUT2D eigenvalue weighted by molar-refractivity contribution is -0.117. The molecule has 35 heavy (non-hydrogen) atoms. The lowest BCUT2D eigenvalue weighted by Gasteiger charge is -2.26. The third-order valence-corrected chi connectivity index (χ3v) is 7.41. The maximum Gasteiger partial charge on any atom is 0.277 e. The number of amides is 2. The van der Waals surface area contributed by atoms with Crippen molar-refractivity contribution in [2.45, 2.75) is 17.9 Å². The Morgan fingerprint density at radius 1 is 1.00 bits per heavy atom. The Balaban J connectivity index is 1.63. The fourth-order valence-corrected chi connectivity index (χ4v) is 5.34. The number of hydrogen-bond acceptors (Lipinski definition) is 5. The molecule has 1 aromatic heterocycles. The van der Waals surface area contributed by atoms with Crippen LogP contribution in [0.1, 0.15) is 34.6 Å². The average molecular weight is 507 g/mol. The van der Waals surface area contributed by atoms with Crippen LogP contribution < -0.4 is 9.62 Å². The van der Waals surface area contributed by atoms with Gasteiger partial charge >= 0.3 is 0 Å². The third-order valence-electron chi connectivity index (χ3n) is 5.70. The van der Waals surface area contributed by atoms with Crippen molar-refractivity contribution in [3.05, 3.63) is 101 Å². The van der Waals surface area contributed by atoms with Crippen molar-refractivity contribution in [2.24, 2.45) is 0 Å². The number of sulfonamides is 1. The van der Waals surface area contributed by atoms with Gasteiger partial charge in [0.1, 0.15) is 5.69 Å². The number of nitrogens with one attached hydrogen (secondary N) is 2. The minimum absolute atomic E-state index is 0.0868. The lowest BCUT2D eigenvalue weighted by Crippen LogP contribution is -2.30. The minimum atomic E-state index is -4.00. The predicted octanol–water partition coefficient (Wildman–Crippen LogP) is 4.30. The molecule has 5 rings (SSSR count). The number of H-pyrrole nitrogens is 1. The molecule has 0 saturated heterocycles. The molecule has 2 heterocycles. The highest BCUT2D eigenvalue weighted by Gasteiger charge is 2.43. The molecule has 1 aliphatic heterocycles. The molecule has 2 amide bonds. The van der Waals surface area contributed by atoms with E-state index in [1.54, 1.807) is 17.0 Å². The highest BCUT2D eigenvalue weighted by molar-refractivity contribution is 7.90. The fourth-order valence-electron chi connectivity index (χ4n) is 4.22. The Kier molecular flexibility index (Phi) is 5.66. The average Bonchev–Trinajstić information content (AvgIpc) is 3.38. The molecule has 0 bridgehead atoms. The number of carbonyl (C=O) groups excluding carboxylic acids is 2. The molecule has 8 nitrogen and oxygen atoms in total. The van der Waals surface area contributed by atoms with Gasteiger partial charge in [0.15, 0.2) is 0 Å². The number of fused-ring (bicyclic) bond motifs is 1. The molecule has 4 aromatic rings. The van der Waals surface area contributed by atoms with Gasteiger partial charge in [0.05, 0.1) is 16.6 Å². The van der Waals surface area contributed by atoms with E-state index in [1.807, 2.05) is 47.2 Å². The Bertz CT molecular complexity index is 1530. The molecule has 176 valence electrons. The van der Waals surface area contributed by atoms with Crippen molar-refractivity contribution in [1.29, 1.82) is 0 Å². The molecular weight excluding hydrogens is 488 g/mol. The van der Waals surface area contributed by atoms with Gasteiger partial charge in [-0.15, -0.1) is 0 Å². The van der Waals surface area contributed by atoms with Gasteiger partial charge in [-0.3, -0.25) is 19.6 Å². The van der Waals surface area contributed by atoms with Crippen LogP contribution in [0, 0.1) is 0 Å². The Hall–Kier alpha value is -3.95. The van der Waals surface area contributed by atoms with E-state index >= 15 is 0 Å². The van der Waals surface area contributed by atoms with Gasteiger partial charge in [0.2, 0.25) is 5.91 Å². The lowest BCUT2D eigenvalue weighted by atomic mass is 9.96. The zero-order chi connectivity index (χ0) is 24.7. The molecule has 1 unspecified atom stereocenters. The van der Waals surface area contributed by atoms with E-state index in [0.29, 0.717) is 22.1 Å². The number of aromatic amines is 1. The van der Waals surface area contributed by atoms with Gasteiger partial charge < -0.3 is 0 Å². The smallest absolute Gasteiger partial charge is 0.277 e. The summed E-state index contributed by atoms with van der Waals surface area (Å²) in [6.07, 6.45) is 0. The summed E-state index contributed by atoms with van der Waals surface area (Å²) in [6, 6.07) is 22.0. The molecule has 0 aliphatic carbocycles. The molecule has 0 radical (unpaired) electrons. The fraction of sp³-hybridized carbons (Fsp3) is 0.0800. The number of hydrogen-bond donors (Lipinski definition) is 2. The van der Waals surface area contributed by atoms with E-state index in [9.17, 15) is 18.0 Å². The SMILES string of the molecule is CC(=O)NS(=O)(=O)c1ccc(N2C(=O)c3[nH]nc(-c4ccccc4)c3C2c2ccc(Cl)cc2)cc1. The van der Waals surface area contributed by atoms with Crippen LogP contribution >= 0.6 is 11.6 Å². The zero-order valence-electron chi connectivity index (χ0n) is 18.4. The van der Waals surface area contributed by atoms with E-state index in [1.165, 1.54) is 24.3 Å². The zero-order valence-corrected chi connectivity index (χ0v) is 20.0. The molecule has 10 heteroatoms. The highest BCUT2D eigenvalue weighted by Crippen LogP contribution is 2.45. The summed E-state index contributed by atoms with van der Waals surface area (Å²) < 4.78 is 26.7. The van der Waals surface area contributed by atoms with Gasteiger partial charge in [-0.1, -0.05) is 54.1 Å². The Morgan fingerprint density at radius 2 is 1.66 bits per heavy atom. The monoisotopic (exact) mass is 506 g/mol. The summed E-state index contributed by atoms with van der Waals surface area (Å²) >= 11 is 6.12. The van der Waals surface area contributed by atoms with Gasteiger partial charge in [-0.25, -0.2) is 13.1 Å². The molecule has 3 aromatic carbocycles. The van der Waals surface area contributed by atoms with Gasteiger partial charge in [-0.05, 0) is 42.0 Å². The van der Waals surface area contributed by atoms with Crippen molar-refractivity contribution in [2.75, 3.05) is 4.90 Å². The first-order valence-electron chi connectivity index (χ1n) is 10.6. The second-order valence-corrected chi connectivity index (χ2v) is 10.1. The largest absolute Gasteiger partial charge is 0.295 e. The quantitative estimate of drug-likeness (QED) is 0.419. The molecule has 0 fully saturated rings. The van der Waals surface area contributed by atoms with Crippen molar-refractivity contribution in [3.8, 4) is 11.3 Å². The molecule has 1 aliphatic rings. The summed E-state index contributed by atoms with van der Waals surface area (Å²) in [6.45, 7) is 1.12. The van der Waals surface area contributed by atoms with E-state index in [4.69, 9.17) is 11.6 Å². The number of aromatic nitrogens is 2. The number of nitrogens with zero attached hydrogens (tertiary/aromatic N) is 2. The highest BCUT2D eigenvalue weighted by atomic mass is 35.5. The van der Waals surface area contributed by atoms with Crippen molar-refractivity contribution in [1.82, 2.24) is 14.9 Å². The number of anilines is 1. The summed E-state index contributed by atoms with van der Waals surface area (Å²) in [5.41, 5.74) is 3.89. The van der Waals surface area contributed by atoms with Crippen molar-refractivity contribution < 1.29 is 18.0 Å². The number of benzene rings is 3. The normalized spacial score (nSPS) is 15.2. The van der Waals surface area contributed by atoms with Crippen molar-refractivity contribution in [3.63, 3.8) is 0 Å². The molecule has 2 N–H and O–H groups in total. The topological polar surface area (TPSA) is 112 Å². The van der Waals surface area contributed by atoms with Crippen LogP contribution in [0.3, 0.4) is 0 Å². The standard InChI is InChI=1S/C25H19ClN4O4S/c1-15(31)29-35(33,34)20-13-11-19(12-14-20)30-24(17-7-9-18(26)10-8-17)21-22(16-5-3-2-4-6-16)27-28-23(21)25(30)32/h2-14,24H,1H3,(H,27,28)(H,29,31). The second kappa shape index (κ2) is 8.68. The summed E-state index contributed by atoms with van der Waals surface area (Å²) in [5, 5.41) is 7.89. The van der Waals surface area contributed by atoms with E-state index in [0.717, 1.165) is 23.6 Å². The van der Waals surface area contributed by atoms with Gasteiger partial charge in [-0.2, -0.15) is 5.10 Å². The predicted molar refractivity (Wildman–Crippen MR) is 132 cm³/mol. The van der Waals surface area contributed by atoms with Crippen LogP contribution in [0.25, 0.3) is 11.3 Å². The first-order valence-corrected chi connectivity index (χ1v) is 12.5. The maximum atomic E-state index is 13.6. The van der Waals surface area contributed by atoms with Crippen molar-refractivity contribution >= 4 is 39.1 Å². The van der Waals surface area contributed by atoms with E-state index in [2.05, 4.69) is 10.2 Å². The molecule has 0 spiro atoms. The van der Waals surface area contributed by atoms with Gasteiger partial charge in [0.25, 0.3) is 15.9 Å². The van der Waals surface area contributed by atoms with Crippen LogP contribution in [-0.4, -0.2) is 30.4 Å². The first-order chi connectivity index (χ1) is 16.8. The van der Waals surface area contributed by atoms with Crippen LogP contribution in [0.15, 0.2) is 83.8 Å². The number of halogens is 1. The molecule has 1 atom stereocenters. The first kappa shape index (κ1) is 22.8. The van der Waals surface area contributed by atoms with Crippen LogP contribution in [0.4, 0.5) is 5.69 Å². The number of carbonyl (C=O) groups is 2. The van der Waals surface area contributed by atoms with E-state index in [-0.39, 0.29) is 10.8 Å². The molecular formula is C25H19ClN4O4S. The maximum absolute atomic E-state index is 13.6. The third kappa shape index (κ3) is 4.09. The summed E-state index contributed by atoms with van der Waals surface area (Å²) in [4.78, 5) is 26.3. The van der Waals surface area contributed by atoms with Crippen LogP contribution in [0.2, 0.25) is 5.02 Å². The van der Waals surface area contributed by atoms with Gasteiger partial charge in [0, 0.05) is 28.8 Å². The summed E-state index contributed by atoms with van der Waals surface area (Å²) in [7, 11) is -4.00. The Morgan fingerprint density at radius 3 is 2.29 bits per heavy atom. The summed E-state index contributed by atoms with van der Waals surface area (Å²) in [5.74, 6) is -0.988. The minimum Gasteiger partial charge on any atom is -0.295 e. The van der Waals surface area contributed by atoms with E-state index < -0.39 is 22.0 Å². The second-order valence-electron chi connectivity index (χ2n) is 8.01. The number of rotatable bonds is 5. The Labute approximate surface area is 206 Å². The molecule has 0 saturated carbocycles.